The van der Waals surface area contributed by atoms with Crippen molar-refractivity contribution in [2.24, 2.45) is 0 Å². The van der Waals surface area contributed by atoms with Gasteiger partial charge in [0.2, 0.25) is 0 Å². The quantitative estimate of drug-likeness (QED) is 0.873. The standard InChI is InChI=1S/C18H13F2N3O2/c1-18(14-8-13(19)5-6-15(14)20)16(24)23(17(25)22-18)10-12-4-2-3-11(7-12)9-21/h2-8H,10H2,1H3,(H,22,25). The lowest BCUT2D eigenvalue weighted by molar-refractivity contribution is -0.131. The van der Waals surface area contributed by atoms with Gasteiger partial charge in [-0.1, -0.05) is 12.1 Å². The molecule has 1 aliphatic rings. The molecule has 5 nitrogen and oxygen atoms in total. The van der Waals surface area contributed by atoms with Gasteiger partial charge in [-0.25, -0.2) is 13.6 Å². The maximum atomic E-state index is 14.1. The Morgan fingerprint density at radius 3 is 2.68 bits per heavy atom. The molecule has 126 valence electrons. The van der Waals surface area contributed by atoms with Crippen molar-refractivity contribution < 1.29 is 18.4 Å². The molecule has 1 aliphatic heterocycles. The number of nitrogens with zero attached hydrogens (tertiary/aromatic N) is 2. The van der Waals surface area contributed by atoms with Gasteiger partial charge in [0.25, 0.3) is 5.91 Å². The first-order chi connectivity index (χ1) is 11.8. The zero-order valence-corrected chi connectivity index (χ0v) is 13.2. The molecule has 1 N–H and O–H groups in total. The van der Waals surface area contributed by atoms with E-state index in [1.165, 1.54) is 6.92 Å². The third kappa shape index (κ3) is 2.83. The summed E-state index contributed by atoms with van der Waals surface area (Å²) in [7, 11) is 0. The van der Waals surface area contributed by atoms with Gasteiger partial charge >= 0.3 is 6.03 Å². The number of hydrogen-bond donors (Lipinski definition) is 1. The number of hydrogen-bond acceptors (Lipinski definition) is 3. The highest BCUT2D eigenvalue weighted by Gasteiger charge is 2.50. The van der Waals surface area contributed by atoms with Crippen LogP contribution in [0.2, 0.25) is 0 Å². The topological polar surface area (TPSA) is 73.2 Å². The molecule has 3 amide bonds. The fourth-order valence-corrected chi connectivity index (χ4v) is 2.83. The third-order valence-electron chi connectivity index (χ3n) is 4.14. The van der Waals surface area contributed by atoms with Crippen LogP contribution in [0.4, 0.5) is 13.6 Å². The van der Waals surface area contributed by atoms with Crippen LogP contribution in [0.5, 0.6) is 0 Å². The van der Waals surface area contributed by atoms with Gasteiger partial charge in [0.1, 0.15) is 17.2 Å². The number of amides is 3. The normalized spacial score (nSPS) is 19.7. The van der Waals surface area contributed by atoms with E-state index < -0.39 is 29.1 Å². The lowest BCUT2D eigenvalue weighted by Gasteiger charge is -2.23. The van der Waals surface area contributed by atoms with Crippen molar-refractivity contribution in [1.82, 2.24) is 10.2 Å². The van der Waals surface area contributed by atoms with E-state index in [9.17, 15) is 18.4 Å². The van der Waals surface area contributed by atoms with Crippen LogP contribution in [-0.4, -0.2) is 16.8 Å². The molecule has 0 aromatic heterocycles. The smallest absolute Gasteiger partial charge is 0.319 e. The van der Waals surface area contributed by atoms with E-state index in [0.717, 1.165) is 23.1 Å². The molecule has 1 heterocycles. The Morgan fingerprint density at radius 2 is 1.96 bits per heavy atom. The molecule has 2 aromatic rings. The van der Waals surface area contributed by atoms with E-state index in [1.54, 1.807) is 24.3 Å². The Bertz CT molecular complexity index is 923. The fourth-order valence-electron chi connectivity index (χ4n) is 2.83. The number of halogens is 2. The highest BCUT2D eigenvalue weighted by atomic mass is 19.1. The Balaban J connectivity index is 1.94. The van der Waals surface area contributed by atoms with Crippen LogP contribution in [0.1, 0.15) is 23.6 Å². The van der Waals surface area contributed by atoms with Crippen LogP contribution >= 0.6 is 0 Å². The number of imide groups is 1. The lowest BCUT2D eigenvalue weighted by atomic mass is 9.91. The Hall–Kier alpha value is -3.27. The van der Waals surface area contributed by atoms with E-state index in [-0.39, 0.29) is 12.1 Å². The van der Waals surface area contributed by atoms with Gasteiger partial charge in [-0.15, -0.1) is 0 Å². The molecule has 0 aliphatic carbocycles. The first-order valence-electron chi connectivity index (χ1n) is 7.44. The monoisotopic (exact) mass is 341 g/mol. The molecule has 25 heavy (non-hydrogen) atoms. The van der Waals surface area contributed by atoms with Crippen molar-refractivity contribution in [3.8, 4) is 6.07 Å². The zero-order valence-electron chi connectivity index (χ0n) is 13.2. The van der Waals surface area contributed by atoms with Crippen LogP contribution in [-0.2, 0) is 16.9 Å². The Labute approximate surface area is 142 Å². The molecule has 1 saturated heterocycles. The van der Waals surface area contributed by atoms with Gasteiger partial charge in [-0.2, -0.15) is 5.26 Å². The van der Waals surface area contributed by atoms with Crippen LogP contribution in [0.3, 0.4) is 0 Å². The van der Waals surface area contributed by atoms with Gasteiger partial charge in [-0.05, 0) is 42.8 Å². The van der Waals surface area contributed by atoms with E-state index in [2.05, 4.69) is 5.32 Å². The summed E-state index contributed by atoms with van der Waals surface area (Å²) in [5.74, 6) is -2.19. The molecular formula is C18H13F2N3O2. The predicted octanol–water partition coefficient (Wildman–Crippen LogP) is 2.80. The van der Waals surface area contributed by atoms with E-state index in [0.29, 0.717) is 11.1 Å². The summed E-state index contributed by atoms with van der Waals surface area (Å²) in [6.45, 7) is 1.25. The van der Waals surface area contributed by atoms with Gasteiger partial charge in [0.05, 0.1) is 18.2 Å². The average Bonchev–Trinajstić information content (AvgIpc) is 2.81. The minimum absolute atomic E-state index is 0.0767. The van der Waals surface area contributed by atoms with Crippen molar-refractivity contribution in [3.63, 3.8) is 0 Å². The molecule has 0 saturated carbocycles. The van der Waals surface area contributed by atoms with Gasteiger partial charge < -0.3 is 5.32 Å². The second kappa shape index (κ2) is 5.98. The van der Waals surface area contributed by atoms with Crippen molar-refractivity contribution in [1.29, 1.82) is 5.26 Å². The third-order valence-corrected chi connectivity index (χ3v) is 4.14. The van der Waals surface area contributed by atoms with Gasteiger partial charge in [0.15, 0.2) is 0 Å². The second-order valence-corrected chi connectivity index (χ2v) is 5.88. The van der Waals surface area contributed by atoms with Gasteiger partial charge in [-0.3, -0.25) is 9.69 Å². The van der Waals surface area contributed by atoms with Crippen molar-refractivity contribution in [3.05, 3.63) is 70.8 Å². The van der Waals surface area contributed by atoms with E-state index >= 15 is 0 Å². The van der Waals surface area contributed by atoms with Crippen LogP contribution < -0.4 is 5.32 Å². The number of urea groups is 1. The molecule has 2 aromatic carbocycles. The molecule has 1 fully saturated rings. The molecule has 0 bridgehead atoms. The van der Waals surface area contributed by atoms with Crippen molar-refractivity contribution in [2.75, 3.05) is 0 Å². The summed E-state index contributed by atoms with van der Waals surface area (Å²) >= 11 is 0. The molecule has 3 rings (SSSR count). The summed E-state index contributed by atoms with van der Waals surface area (Å²) < 4.78 is 27.6. The zero-order chi connectivity index (χ0) is 18.2. The molecular weight excluding hydrogens is 328 g/mol. The maximum absolute atomic E-state index is 14.1. The van der Waals surface area contributed by atoms with E-state index in [4.69, 9.17) is 5.26 Å². The van der Waals surface area contributed by atoms with Crippen LogP contribution in [0, 0.1) is 23.0 Å². The number of benzene rings is 2. The Kier molecular flexibility index (Phi) is 3.97. The number of rotatable bonds is 3. The minimum Gasteiger partial charge on any atom is -0.319 e. The predicted molar refractivity (Wildman–Crippen MR) is 83.9 cm³/mol. The minimum atomic E-state index is -1.70. The summed E-state index contributed by atoms with van der Waals surface area (Å²) in [6, 6.07) is 10.5. The SMILES string of the molecule is CC1(c2cc(F)ccc2F)NC(=O)N(Cc2cccc(C#N)c2)C1=O. The Morgan fingerprint density at radius 1 is 1.20 bits per heavy atom. The summed E-state index contributed by atoms with van der Waals surface area (Å²) in [6.07, 6.45) is 0. The number of carbonyl (C=O) groups excluding carboxylic acids is 2. The highest BCUT2D eigenvalue weighted by Crippen LogP contribution is 2.32. The maximum Gasteiger partial charge on any atom is 0.325 e. The van der Waals surface area contributed by atoms with Crippen LogP contribution in [0.25, 0.3) is 0 Å². The summed E-state index contributed by atoms with van der Waals surface area (Å²) in [5, 5.41) is 11.4. The first kappa shape index (κ1) is 16.6. The van der Waals surface area contributed by atoms with Gasteiger partial charge in [0, 0.05) is 5.56 Å². The fraction of sp³-hybridized carbons (Fsp3) is 0.167. The second-order valence-electron chi connectivity index (χ2n) is 5.88. The van der Waals surface area contributed by atoms with Crippen LogP contribution in [0.15, 0.2) is 42.5 Å². The number of nitrogens with one attached hydrogen (secondary N) is 1. The van der Waals surface area contributed by atoms with E-state index in [1.807, 2.05) is 6.07 Å². The van der Waals surface area contributed by atoms with Crippen molar-refractivity contribution in [2.45, 2.75) is 19.0 Å². The molecule has 0 radical (unpaired) electrons. The molecule has 1 unspecified atom stereocenters. The molecule has 7 heteroatoms. The number of nitriles is 1. The molecule has 1 atom stereocenters. The number of carbonyl (C=O) groups is 2. The lowest BCUT2D eigenvalue weighted by Crippen LogP contribution is -2.41. The summed E-state index contributed by atoms with van der Waals surface area (Å²) in [5.41, 5.74) is -0.968. The first-order valence-corrected chi connectivity index (χ1v) is 7.44. The van der Waals surface area contributed by atoms with Crippen molar-refractivity contribution >= 4 is 11.9 Å². The summed E-state index contributed by atoms with van der Waals surface area (Å²) in [4.78, 5) is 25.9. The average molecular weight is 341 g/mol. The highest BCUT2D eigenvalue weighted by molar-refractivity contribution is 6.07. The largest absolute Gasteiger partial charge is 0.325 e. The molecule has 0 spiro atoms.